The maximum Gasteiger partial charge on any atom is 0.0675 e. The van der Waals surface area contributed by atoms with Crippen LogP contribution in [0.2, 0.25) is 0 Å². The standard InChI is InChI=1S/C4H12N.CH3NS3/c1-5(2,3)4;2-1-5(3)4/h1-4H3;1H,2H2/q+1;. The summed E-state index contributed by atoms with van der Waals surface area (Å²) in [6, 6.07) is 0. The molecule has 2 nitrogen and oxygen atoms in total. The van der Waals surface area contributed by atoms with E-state index in [4.69, 9.17) is 5.73 Å². The van der Waals surface area contributed by atoms with Gasteiger partial charge in [0.2, 0.25) is 0 Å². The summed E-state index contributed by atoms with van der Waals surface area (Å²) >= 11 is 8.88. The van der Waals surface area contributed by atoms with E-state index in [0.717, 1.165) is 4.48 Å². The van der Waals surface area contributed by atoms with Crippen LogP contribution in [0, 0.1) is 0 Å². The molecule has 0 aromatic carbocycles. The van der Waals surface area contributed by atoms with Crippen molar-refractivity contribution in [1.82, 2.24) is 0 Å². The Kier molecular flexibility index (Phi) is 8.08. The minimum Gasteiger partial charge on any atom is -0.333 e. The minimum atomic E-state index is -0.503. The minimum absolute atomic E-state index is 0.503. The number of quaternary nitrogens is 1. The van der Waals surface area contributed by atoms with Gasteiger partial charge in [0.1, 0.15) is 0 Å². The molecule has 0 spiro atoms. The fourth-order valence-electron chi connectivity index (χ4n) is 0. The number of hydrogen-bond donors (Lipinski definition) is 1. The Labute approximate surface area is 74.0 Å². The van der Waals surface area contributed by atoms with Crippen LogP contribution >= 0.6 is 0 Å². The molecule has 0 unspecified atom stereocenters. The zero-order valence-electron chi connectivity index (χ0n) is 6.83. The Morgan fingerprint density at radius 2 is 1.30 bits per heavy atom. The van der Waals surface area contributed by atoms with Crippen LogP contribution in [0.3, 0.4) is 0 Å². The third-order valence-corrected chi connectivity index (χ3v) is 1.00. The zero-order valence-corrected chi connectivity index (χ0v) is 9.28. The van der Waals surface area contributed by atoms with Gasteiger partial charge in [-0.2, -0.15) is 0 Å². The highest BCUT2D eigenvalue weighted by atomic mass is 33.1. The molecular weight excluding hydrogens is 184 g/mol. The second-order valence-corrected chi connectivity index (χ2v) is 6.66. The summed E-state index contributed by atoms with van der Waals surface area (Å²) in [5.74, 6) is 0. The van der Waals surface area contributed by atoms with Crippen molar-refractivity contribution in [2.45, 2.75) is 0 Å². The van der Waals surface area contributed by atoms with Crippen molar-refractivity contribution >= 4 is 35.5 Å². The van der Waals surface area contributed by atoms with Crippen LogP contribution < -0.4 is 5.73 Å². The summed E-state index contributed by atoms with van der Waals surface area (Å²) in [6.45, 7) is 0. The average molecular weight is 199 g/mol. The lowest BCUT2D eigenvalue weighted by Crippen LogP contribution is -2.27. The zero-order chi connectivity index (χ0) is 8.78. The molecule has 0 heterocycles. The average Bonchev–Trinajstić information content (AvgIpc) is 1.61. The van der Waals surface area contributed by atoms with Crippen molar-refractivity contribution in [1.29, 1.82) is 0 Å². The van der Waals surface area contributed by atoms with Gasteiger partial charge in [-0.25, -0.2) is 0 Å². The summed E-state index contributed by atoms with van der Waals surface area (Å²) in [7, 11) is 8.00. The van der Waals surface area contributed by atoms with Gasteiger partial charge in [0.25, 0.3) is 0 Å². The summed E-state index contributed by atoms with van der Waals surface area (Å²) in [5.41, 5.74) is 6.17. The van der Waals surface area contributed by atoms with Gasteiger partial charge in [-0.1, -0.05) is 7.60 Å². The molecule has 0 fully saturated rings. The molecule has 0 atom stereocenters. The molecule has 0 radical (unpaired) electrons. The quantitative estimate of drug-likeness (QED) is 0.423. The van der Waals surface area contributed by atoms with Gasteiger partial charge in [-0.3, -0.25) is 5.73 Å². The Morgan fingerprint density at radius 1 is 1.20 bits per heavy atom. The van der Waals surface area contributed by atoms with Gasteiger partial charge in [0.15, 0.2) is 0 Å². The topological polar surface area (TPSA) is 26.0 Å². The predicted octanol–water partition coefficient (Wildman–Crippen LogP) is -0.431. The van der Waals surface area contributed by atoms with Gasteiger partial charge in [-0.05, 0) is 22.4 Å². The molecule has 62 valence electrons. The van der Waals surface area contributed by atoms with Gasteiger partial charge < -0.3 is 4.48 Å². The monoisotopic (exact) mass is 199 g/mol. The SMILES string of the molecule is C[N+](C)(C)C.NC=S(=S)=S. The third-order valence-electron chi connectivity index (χ3n) is 0.111. The highest BCUT2D eigenvalue weighted by Gasteiger charge is 1.88. The van der Waals surface area contributed by atoms with Crippen LogP contribution in [0.4, 0.5) is 0 Å². The largest absolute Gasteiger partial charge is 0.333 e. The van der Waals surface area contributed by atoms with Gasteiger partial charge in [0, 0.05) is 5.49 Å². The van der Waals surface area contributed by atoms with E-state index in [9.17, 15) is 0 Å². The number of nitrogens with two attached hydrogens (primary N) is 1. The normalized spacial score (nSPS) is 9.30. The van der Waals surface area contributed by atoms with Crippen LogP contribution in [0.25, 0.3) is 0 Å². The lowest BCUT2D eigenvalue weighted by atomic mass is 10.8. The van der Waals surface area contributed by atoms with Gasteiger partial charge in [0.05, 0.1) is 28.2 Å². The Bertz CT molecular complexity index is 171. The van der Waals surface area contributed by atoms with Crippen molar-refractivity contribution < 1.29 is 4.48 Å². The molecule has 0 bridgehead atoms. The maximum absolute atomic E-state index is 4.85. The van der Waals surface area contributed by atoms with Crippen molar-refractivity contribution in [2.75, 3.05) is 28.2 Å². The van der Waals surface area contributed by atoms with Crippen LogP contribution in [0.5, 0.6) is 0 Å². The van der Waals surface area contributed by atoms with Crippen LogP contribution in [-0.4, -0.2) is 38.2 Å². The smallest absolute Gasteiger partial charge is 0.0675 e. The summed E-state index contributed by atoms with van der Waals surface area (Å²) in [4.78, 5) is 0. The van der Waals surface area contributed by atoms with Crippen molar-refractivity contribution in [2.24, 2.45) is 5.73 Å². The Morgan fingerprint density at radius 3 is 1.30 bits per heavy atom. The molecule has 0 aliphatic heterocycles. The fraction of sp³-hybridized carbons (Fsp3) is 0.800. The van der Waals surface area contributed by atoms with Gasteiger partial charge >= 0.3 is 0 Å². The summed E-state index contributed by atoms with van der Waals surface area (Å²) < 4.78 is 1.00. The molecule has 0 amide bonds. The van der Waals surface area contributed by atoms with Crippen molar-refractivity contribution in [3.05, 3.63) is 0 Å². The van der Waals surface area contributed by atoms with E-state index in [1.165, 1.54) is 5.49 Å². The first-order valence-electron chi connectivity index (χ1n) is 2.69. The van der Waals surface area contributed by atoms with Crippen LogP contribution in [-0.2, 0) is 30.0 Å². The first-order chi connectivity index (χ1) is 4.27. The molecule has 0 aliphatic carbocycles. The summed E-state index contributed by atoms with van der Waals surface area (Å²) in [6.07, 6.45) is 0. The van der Waals surface area contributed by atoms with Crippen LogP contribution in [0.15, 0.2) is 0 Å². The van der Waals surface area contributed by atoms with E-state index in [0.29, 0.717) is 0 Å². The predicted molar refractivity (Wildman–Crippen MR) is 56.3 cm³/mol. The highest BCUT2D eigenvalue weighted by Crippen LogP contribution is 1.73. The molecule has 0 saturated carbocycles. The molecule has 0 aromatic heterocycles. The molecule has 0 aromatic rings. The maximum atomic E-state index is 4.85. The molecule has 10 heavy (non-hydrogen) atoms. The molecule has 5 heteroatoms. The summed E-state index contributed by atoms with van der Waals surface area (Å²) in [5, 5.41) is 0. The van der Waals surface area contributed by atoms with Crippen molar-refractivity contribution in [3.63, 3.8) is 0 Å². The Hall–Kier alpha value is 0.450. The number of rotatable bonds is 0. The second kappa shape index (κ2) is 6.18. The van der Waals surface area contributed by atoms with E-state index in [1.54, 1.807) is 0 Å². The number of hydrogen-bond acceptors (Lipinski definition) is 2. The molecule has 0 aliphatic rings. The molecule has 2 N–H and O–H groups in total. The first-order valence-corrected chi connectivity index (χ1v) is 5.83. The van der Waals surface area contributed by atoms with E-state index in [1.807, 2.05) is 0 Å². The van der Waals surface area contributed by atoms with E-state index in [2.05, 4.69) is 50.6 Å². The molecule has 0 saturated heterocycles. The fourth-order valence-corrected chi connectivity index (χ4v) is 0. The molecular formula is C5H15N2S3+. The van der Waals surface area contributed by atoms with E-state index < -0.39 is 7.60 Å². The second-order valence-electron chi connectivity index (χ2n) is 3.08. The lowest BCUT2D eigenvalue weighted by molar-refractivity contribution is -0.849. The molecule has 0 rings (SSSR count). The van der Waals surface area contributed by atoms with Crippen molar-refractivity contribution in [3.8, 4) is 0 Å². The van der Waals surface area contributed by atoms with Crippen LogP contribution in [0.1, 0.15) is 0 Å². The first kappa shape index (κ1) is 13.1. The highest BCUT2D eigenvalue weighted by molar-refractivity contribution is 8.45. The lowest BCUT2D eigenvalue weighted by Gasteiger charge is -2.14. The van der Waals surface area contributed by atoms with Gasteiger partial charge in [-0.15, -0.1) is 0 Å². The van der Waals surface area contributed by atoms with E-state index in [-0.39, 0.29) is 0 Å². The number of nitrogens with zero attached hydrogens (tertiary/aromatic N) is 1. The van der Waals surface area contributed by atoms with E-state index >= 15 is 0 Å². The Balaban J connectivity index is 0. The third kappa shape index (κ3) is 78.1.